The number of carbonyl (C=O) groups excluding carboxylic acids is 1. The van der Waals surface area contributed by atoms with Gasteiger partial charge in [0.15, 0.2) is 11.4 Å². The third-order valence-corrected chi connectivity index (χ3v) is 3.56. The average molecular weight is 356 g/mol. The van der Waals surface area contributed by atoms with Crippen LogP contribution in [0.1, 0.15) is 23.0 Å². The second-order valence-electron chi connectivity index (χ2n) is 5.42. The van der Waals surface area contributed by atoms with Crippen LogP contribution in [-0.2, 0) is 0 Å². The molecule has 3 aromatic heterocycles. The summed E-state index contributed by atoms with van der Waals surface area (Å²) in [5.74, 6) is -0.839. The molecule has 0 aromatic carbocycles. The normalized spacial score (nSPS) is 13.2. The number of amides is 1. The number of nitrogens with one attached hydrogen (secondary N) is 1. The van der Waals surface area contributed by atoms with Crippen LogP contribution in [0.15, 0.2) is 28.8 Å². The highest BCUT2D eigenvalue weighted by atomic mass is 19.4. The molecule has 10 heteroatoms. The molecule has 0 aliphatic carbocycles. The van der Waals surface area contributed by atoms with E-state index in [9.17, 15) is 22.4 Å². The standard InChI is InChI=1S/C15H12F4N4O2/c1-7-5-10(11-3-4-12(16)25-11)22-13-9(6-20-23(7)13)14(24)21-8(2)15(17,18)19/h3-6,8H,1-2H3,(H,21,24)/t8-/m1/s1. The molecule has 0 spiro atoms. The third kappa shape index (κ3) is 3.19. The van der Waals surface area contributed by atoms with Crippen molar-refractivity contribution in [2.75, 3.05) is 0 Å². The number of nitrogens with zero attached hydrogens (tertiary/aromatic N) is 3. The van der Waals surface area contributed by atoms with E-state index in [2.05, 4.69) is 10.1 Å². The van der Waals surface area contributed by atoms with Crippen LogP contribution in [0.2, 0.25) is 0 Å². The van der Waals surface area contributed by atoms with E-state index in [1.165, 1.54) is 10.6 Å². The summed E-state index contributed by atoms with van der Waals surface area (Å²) in [6, 6.07) is 1.18. The van der Waals surface area contributed by atoms with Crippen molar-refractivity contribution >= 4 is 11.6 Å². The molecule has 3 aromatic rings. The van der Waals surface area contributed by atoms with Crippen molar-refractivity contribution < 1.29 is 26.8 Å². The predicted molar refractivity (Wildman–Crippen MR) is 78.4 cm³/mol. The largest absolute Gasteiger partial charge is 0.429 e. The van der Waals surface area contributed by atoms with E-state index in [1.54, 1.807) is 13.0 Å². The maximum atomic E-state index is 13.0. The zero-order valence-corrected chi connectivity index (χ0v) is 13.1. The molecule has 1 amide bonds. The van der Waals surface area contributed by atoms with Crippen molar-refractivity contribution in [2.24, 2.45) is 0 Å². The lowest BCUT2D eigenvalue weighted by Gasteiger charge is -2.16. The van der Waals surface area contributed by atoms with Crippen LogP contribution < -0.4 is 5.32 Å². The fourth-order valence-corrected chi connectivity index (χ4v) is 2.21. The predicted octanol–water partition coefficient (Wildman–Crippen LogP) is 3.12. The van der Waals surface area contributed by atoms with E-state index in [4.69, 9.17) is 4.42 Å². The number of carbonyl (C=O) groups is 1. The molecule has 0 aliphatic rings. The zero-order valence-electron chi connectivity index (χ0n) is 13.1. The lowest BCUT2D eigenvalue weighted by atomic mass is 10.2. The molecule has 0 saturated carbocycles. The van der Waals surface area contributed by atoms with Gasteiger partial charge in [0.05, 0.1) is 6.20 Å². The van der Waals surface area contributed by atoms with E-state index < -0.39 is 24.1 Å². The van der Waals surface area contributed by atoms with Crippen molar-refractivity contribution in [1.29, 1.82) is 0 Å². The maximum Gasteiger partial charge on any atom is 0.408 e. The first-order chi connectivity index (χ1) is 11.7. The highest BCUT2D eigenvalue weighted by molar-refractivity contribution is 6.00. The number of fused-ring (bicyclic) bond motifs is 1. The Morgan fingerprint density at radius 2 is 2.08 bits per heavy atom. The summed E-state index contributed by atoms with van der Waals surface area (Å²) in [7, 11) is 0. The molecule has 132 valence electrons. The summed E-state index contributed by atoms with van der Waals surface area (Å²) in [5.41, 5.74) is 0.679. The molecule has 3 rings (SSSR count). The first kappa shape index (κ1) is 16.9. The van der Waals surface area contributed by atoms with Gasteiger partial charge in [-0.25, -0.2) is 9.50 Å². The van der Waals surface area contributed by atoms with Crippen molar-refractivity contribution in [2.45, 2.75) is 26.1 Å². The second-order valence-corrected chi connectivity index (χ2v) is 5.42. The molecule has 0 unspecified atom stereocenters. The molecule has 0 fully saturated rings. The van der Waals surface area contributed by atoms with Crippen molar-refractivity contribution in [3.8, 4) is 11.5 Å². The van der Waals surface area contributed by atoms with E-state index in [0.717, 1.165) is 19.2 Å². The third-order valence-electron chi connectivity index (χ3n) is 3.56. The number of hydrogen-bond donors (Lipinski definition) is 1. The van der Waals surface area contributed by atoms with E-state index in [1.807, 2.05) is 5.32 Å². The van der Waals surface area contributed by atoms with E-state index >= 15 is 0 Å². The van der Waals surface area contributed by atoms with Crippen LogP contribution in [0.5, 0.6) is 0 Å². The molecular weight excluding hydrogens is 344 g/mol. The molecule has 3 heterocycles. The van der Waals surface area contributed by atoms with Crippen LogP contribution in [0.25, 0.3) is 17.1 Å². The Morgan fingerprint density at radius 3 is 2.68 bits per heavy atom. The first-order valence-corrected chi connectivity index (χ1v) is 7.15. The van der Waals surface area contributed by atoms with Crippen LogP contribution in [0.4, 0.5) is 17.6 Å². The topological polar surface area (TPSA) is 72.4 Å². The van der Waals surface area contributed by atoms with Gasteiger partial charge in [-0.1, -0.05) is 0 Å². The lowest BCUT2D eigenvalue weighted by Crippen LogP contribution is -2.43. The van der Waals surface area contributed by atoms with Crippen molar-refractivity contribution in [3.05, 3.63) is 41.7 Å². The zero-order chi connectivity index (χ0) is 18.4. The summed E-state index contributed by atoms with van der Waals surface area (Å²) in [6.45, 7) is 2.49. The molecule has 0 aliphatic heterocycles. The molecule has 1 N–H and O–H groups in total. The first-order valence-electron chi connectivity index (χ1n) is 7.15. The maximum absolute atomic E-state index is 13.0. The van der Waals surface area contributed by atoms with Gasteiger partial charge < -0.3 is 9.73 Å². The number of rotatable bonds is 3. The van der Waals surface area contributed by atoms with Gasteiger partial charge >= 0.3 is 6.18 Å². The molecule has 0 bridgehead atoms. The van der Waals surface area contributed by atoms with Gasteiger partial charge in [-0.05, 0) is 26.0 Å². The van der Waals surface area contributed by atoms with Crippen LogP contribution in [0, 0.1) is 12.9 Å². The van der Waals surface area contributed by atoms with Gasteiger partial charge in [0.1, 0.15) is 17.3 Å². The van der Waals surface area contributed by atoms with Crippen LogP contribution >= 0.6 is 0 Å². The lowest BCUT2D eigenvalue weighted by molar-refractivity contribution is -0.149. The highest BCUT2D eigenvalue weighted by Crippen LogP contribution is 2.24. The monoisotopic (exact) mass is 356 g/mol. The van der Waals surface area contributed by atoms with Crippen molar-refractivity contribution in [1.82, 2.24) is 19.9 Å². The van der Waals surface area contributed by atoms with Crippen molar-refractivity contribution in [3.63, 3.8) is 0 Å². The molecule has 0 radical (unpaired) electrons. The number of aromatic nitrogens is 3. The minimum absolute atomic E-state index is 0.0404. The van der Waals surface area contributed by atoms with Gasteiger partial charge in [-0.2, -0.15) is 22.7 Å². The Hall–Kier alpha value is -2.91. The minimum Gasteiger partial charge on any atom is -0.429 e. The second kappa shape index (κ2) is 5.87. The molecular formula is C15H12F4N4O2. The smallest absolute Gasteiger partial charge is 0.408 e. The summed E-state index contributed by atoms with van der Waals surface area (Å²) < 4.78 is 57.1. The minimum atomic E-state index is -4.57. The molecule has 0 saturated heterocycles. The van der Waals surface area contributed by atoms with E-state index in [0.29, 0.717) is 5.69 Å². The summed E-state index contributed by atoms with van der Waals surface area (Å²) in [4.78, 5) is 16.3. The number of halogens is 4. The summed E-state index contributed by atoms with van der Waals surface area (Å²) >= 11 is 0. The number of aryl methyl sites for hydroxylation is 1. The van der Waals surface area contributed by atoms with Crippen LogP contribution in [0.3, 0.4) is 0 Å². The van der Waals surface area contributed by atoms with Crippen LogP contribution in [-0.4, -0.2) is 32.7 Å². The summed E-state index contributed by atoms with van der Waals surface area (Å²) in [6.07, 6.45) is -3.45. The number of hydrogen-bond acceptors (Lipinski definition) is 4. The van der Waals surface area contributed by atoms with Gasteiger partial charge in [-0.3, -0.25) is 4.79 Å². The Balaban J connectivity index is 2.02. The van der Waals surface area contributed by atoms with Gasteiger partial charge in [0.2, 0.25) is 0 Å². The SMILES string of the molecule is Cc1cc(-c2ccc(F)o2)nc2c(C(=O)N[C@H](C)C(F)(F)F)cnn12. The quantitative estimate of drug-likeness (QED) is 0.732. The number of alkyl halides is 3. The van der Waals surface area contributed by atoms with Gasteiger partial charge in [-0.15, -0.1) is 0 Å². The Bertz CT molecular complexity index is 945. The highest BCUT2D eigenvalue weighted by Gasteiger charge is 2.37. The van der Waals surface area contributed by atoms with E-state index in [-0.39, 0.29) is 22.7 Å². The molecule has 6 nitrogen and oxygen atoms in total. The fourth-order valence-electron chi connectivity index (χ4n) is 2.21. The molecule has 1 atom stereocenters. The van der Waals surface area contributed by atoms with Gasteiger partial charge in [0, 0.05) is 11.8 Å². The van der Waals surface area contributed by atoms with Gasteiger partial charge in [0.25, 0.3) is 11.9 Å². The Labute approximate surface area is 138 Å². The Morgan fingerprint density at radius 1 is 1.36 bits per heavy atom. The number of furan rings is 1. The fraction of sp³-hybridized carbons (Fsp3) is 0.267. The summed E-state index contributed by atoms with van der Waals surface area (Å²) in [5, 5.41) is 5.81. The average Bonchev–Trinajstić information content (AvgIpc) is 3.12. The molecule has 25 heavy (non-hydrogen) atoms. The Kier molecular flexibility index (Phi) is 3.97.